The van der Waals surface area contributed by atoms with Gasteiger partial charge in [-0.2, -0.15) is 5.10 Å². The minimum absolute atomic E-state index is 0.568. The van der Waals surface area contributed by atoms with Crippen molar-refractivity contribution in [3.8, 4) is 11.4 Å². The summed E-state index contributed by atoms with van der Waals surface area (Å²) in [7, 11) is 0. The summed E-state index contributed by atoms with van der Waals surface area (Å²) in [6.45, 7) is 4.86. The molecule has 0 aromatic carbocycles. The molecule has 1 fully saturated rings. The Kier molecular flexibility index (Phi) is 3.47. The number of carbonyl (C=O) groups is 1. The molecule has 0 unspecified atom stereocenters. The second-order valence-electron chi connectivity index (χ2n) is 4.69. The van der Waals surface area contributed by atoms with Crippen LogP contribution in [0.4, 0.5) is 5.69 Å². The predicted octanol–water partition coefficient (Wildman–Crippen LogP) is 1.43. The van der Waals surface area contributed by atoms with Gasteiger partial charge in [0.1, 0.15) is 5.69 Å². The van der Waals surface area contributed by atoms with Gasteiger partial charge in [0.05, 0.1) is 35.9 Å². The van der Waals surface area contributed by atoms with E-state index in [9.17, 15) is 4.79 Å². The molecule has 0 saturated carbocycles. The van der Waals surface area contributed by atoms with E-state index in [2.05, 4.69) is 20.1 Å². The van der Waals surface area contributed by atoms with E-state index in [0.717, 1.165) is 30.8 Å². The number of morpholine rings is 1. The molecule has 104 valence electrons. The number of ether oxygens (including phenoxy) is 1. The summed E-state index contributed by atoms with van der Waals surface area (Å²) in [6.07, 6.45) is 2.55. The Morgan fingerprint density at radius 3 is 2.95 bits per heavy atom. The van der Waals surface area contributed by atoms with Crippen LogP contribution in [0.25, 0.3) is 11.4 Å². The Morgan fingerprint density at radius 2 is 2.20 bits per heavy atom. The zero-order chi connectivity index (χ0) is 13.9. The summed E-state index contributed by atoms with van der Waals surface area (Å²) in [5.41, 5.74) is 3.70. The van der Waals surface area contributed by atoms with Gasteiger partial charge in [0.15, 0.2) is 6.29 Å². The zero-order valence-electron chi connectivity index (χ0n) is 11.3. The highest BCUT2D eigenvalue weighted by atomic mass is 16.5. The van der Waals surface area contributed by atoms with E-state index < -0.39 is 0 Å². The Balaban J connectivity index is 2.07. The van der Waals surface area contributed by atoms with E-state index in [0.29, 0.717) is 30.2 Å². The molecule has 3 heterocycles. The maximum Gasteiger partial charge on any atom is 0.154 e. The van der Waals surface area contributed by atoms with Crippen molar-refractivity contribution in [2.75, 3.05) is 31.2 Å². The molecule has 0 bridgehead atoms. The van der Waals surface area contributed by atoms with Gasteiger partial charge >= 0.3 is 0 Å². The van der Waals surface area contributed by atoms with E-state index in [1.165, 1.54) is 0 Å². The average molecular weight is 272 g/mol. The molecule has 1 saturated heterocycles. The Bertz CT molecular complexity index is 617. The molecule has 0 spiro atoms. The van der Waals surface area contributed by atoms with Crippen LogP contribution in [0.2, 0.25) is 0 Å². The normalized spacial score (nSPS) is 15.3. The summed E-state index contributed by atoms with van der Waals surface area (Å²) >= 11 is 0. The number of aromatic nitrogens is 3. The van der Waals surface area contributed by atoms with Crippen molar-refractivity contribution in [1.29, 1.82) is 0 Å². The number of pyridine rings is 1. The molecular formula is C14H16N4O2. The smallest absolute Gasteiger partial charge is 0.154 e. The van der Waals surface area contributed by atoms with Crippen LogP contribution in [-0.2, 0) is 4.74 Å². The number of hydrogen-bond acceptors (Lipinski definition) is 5. The SMILES string of the molecule is Cc1n[nH]c(-c2ncccc2N2CCOCC2)c1C=O. The van der Waals surface area contributed by atoms with Crippen molar-refractivity contribution in [3.63, 3.8) is 0 Å². The van der Waals surface area contributed by atoms with Crippen molar-refractivity contribution in [3.05, 3.63) is 29.6 Å². The monoisotopic (exact) mass is 272 g/mol. The Hall–Kier alpha value is -2.21. The van der Waals surface area contributed by atoms with Crippen LogP contribution in [0.5, 0.6) is 0 Å². The predicted molar refractivity (Wildman–Crippen MR) is 75.0 cm³/mol. The molecule has 3 rings (SSSR count). The molecule has 1 aliphatic rings. The first-order valence-corrected chi connectivity index (χ1v) is 6.59. The molecule has 1 aliphatic heterocycles. The quantitative estimate of drug-likeness (QED) is 0.856. The number of aryl methyl sites for hydroxylation is 1. The van der Waals surface area contributed by atoms with Gasteiger partial charge < -0.3 is 9.64 Å². The maximum atomic E-state index is 11.2. The number of nitrogens with zero attached hydrogens (tertiary/aromatic N) is 3. The van der Waals surface area contributed by atoms with Gasteiger partial charge in [-0.25, -0.2) is 0 Å². The molecule has 0 radical (unpaired) electrons. The fraction of sp³-hybridized carbons (Fsp3) is 0.357. The van der Waals surface area contributed by atoms with E-state index in [-0.39, 0.29) is 0 Å². The number of anilines is 1. The number of hydrogen-bond donors (Lipinski definition) is 1. The van der Waals surface area contributed by atoms with E-state index in [4.69, 9.17) is 4.74 Å². The van der Waals surface area contributed by atoms with Gasteiger partial charge in [-0.1, -0.05) is 0 Å². The molecule has 0 aliphatic carbocycles. The minimum Gasteiger partial charge on any atom is -0.378 e. The molecule has 1 N–H and O–H groups in total. The number of nitrogens with one attached hydrogen (secondary N) is 1. The number of carbonyl (C=O) groups excluding carboxylic acids is 1. The van der Waals surface area contributed by atoms with Gasteiger partial charge in [-0.15, -0.1) is 0 Å². The zero-order valence-corrected chi connectivity index (χ0v) is 11.3. The second-order valence-corrected chi connectivity index (χ2v) is 4.69. The Labute approximate surface area is 116 Å². The second kappa shape index (κ2) is 5.42. The number of aromatic amines is 1. The van der Waals surface area contributed by atoms with Gasteiger partial charge in [-0.05, 0) is 19.1 Å². The van der Waals surface area contributed by atoms with Crippen molar-refractivity contribution >= 4 is 12.0 Å². The molecule has 2 aromatic rings. The van der Waals surface area contributed by atoms with Crippen molar-refractivity contribution < 1.29 is 9.53 Å². The summed E-state index contributed by atoms with van der Waals surface area (Å²) < 4.78 is 5.38. The molecule has 2 aromatic heterocycles. The lowest BCUT2D eigenvalue weighted by Gasteiger charge is -2.29. The maximum absolute atomic E-state index is 11.2. The van der Waals surface area contributed by atoms with Crippen molar-refractivity contribution in [1.82, 2.24) is 15.2 Å². The summed E-state index contributed by atoms with van der Waals surface area (Å²) in [5.74, 6) is 0. The molecule has 20 heavy (non-hydrogen) atoms. The molecular weight excluding hydrogens is 256 g/mol. The lowest BCUT2D eigenvalue weighted by atomic mass is 10.1. The highest BCUT2D eigenvalue weighted by molar-refractivity contribution is 5.89. The lowest BCUT2D eigenvalue weighted by Crippen LogP contribution is -2.36. The first kappa shape index (κ1) is 12.8. The average Bonchev–Trinajstić information content (AvgIpc) is 2.89. The van der Waals surface area contributed by atoms with Crippen LogP contribution >= 0.6 is 0 Å². The summed E-state index contributed by atoms with van der Waals surface area (Å²) in [4.78, 5) is 17.9. The highest BCUT2D eigenvalue weighted by Crippen LogP contribution is 2.30. The molecule has 6 heteroatoms. The summed E-state index contributed by atoms with van der Waals surface area (Å²) in [5, 5.41) is 7.03. The third-order valence-corrected chi connectivity index (χ3v) is 3.49. The van der Waals surface area contributed by atoms with Crippen molar-refractivity contribution in [2.45, 2.75) is 6.92 Å². The third kappa shape index (κ3) is 2.18. The van der Waals surface area contributed by atoms with Gasteiger partial charge in [0.25, 0.3) is 0 Å². The van der Waals surface area contributed by atoms with Crippen LogP contribution in [0.15, 0.2) is 18.3 Å². The van der Waals surface area contributed by atoms with Gasteiger partial charge in [0, 0.05) is 19.3 Å². The van der Waals surface area contributed by atoms with Gasteiger partial charge in [-0.3, -0.25) is 14.9 Å². The van der Waals surface area contributed by atoms with Crippen LogP contribution < -0.4 is 4.90 Å². The number of H-pyrrole nitrogens is 1. The minimum atomic E-state index is 0.568. The van der Waals surface area contributed by atoms with Crippen LogP contribution in [0.1, 0.15) is 16.1 Å². The van der Waals surface area contributed by atoms with Crippen molar-refractivity contribution in [2.24, 2.45) is 0 Å². The van der Waals surface area contributed by atoms with E-state index in [1.807, 2.05) is 12.1 Å². The first-order valence-electron chi connectivity index (χ1n) is 6.59. The standard InChI is InChI=1S/C14H16N4O2/c1-10-11(9-19)13(17-16-10)14-12(3-2-4-15-14)18-5-7-20-8-6-18/h2-4,9H,5-8H2,1H3,(H,16,17). The number of aldehydes is 1. The van der Waals surface area contributed by atoms with E-state index >= 15 is 0 Å². The molecule has 6 nitrogen and oxygen atoms in total. The van der Waals surface area contributed by atoms with E-state index in [1.54, 1.807) is 13.1 Å². The van der Waals surface area contributed by atoms with Crippen LogP contribution in [-0.4, -0.2) is 47.8 Å². The van der Waals surface area contributed by atoms with Crippen LogP contribution in [0, 0.1) is 6.92 Å². The topological polar surface area (TPSA) is 71.1 Å². The number of rotatable bonds is 3. The molecule has 0 atom stereocenters. The van der Waals surface area contributed by atoms with Crippen LogP contribution in [0.3, 0.4) is 0 Å². The lowest BCUT2D eigenvalue weighted by molar-refractivity contribution is 0.112. The largest absolute Gasteiger partial charge is 0.378 e. The fourth-order valence-corrected chi connectivity index (χ4v) is 2.41. The molecule has 0 amide bonds. The summed E-state index contributed by atoms with van der Waals surface area (Å²) in [6, 6.07) is 3.91. The fourth-order valence-electron chi connectivity index (χ4n) is 2.41. The first-order chi connectivity index (χ1) is 9.81. The highest BCUT2D eigenvalue weighted by Gasteiger charge is 2.20. The third-order valence-electron chi connectivity index (χ3n) is 3.49. The van der Waals surface area contributed by atoms with Gasteiger partial charge in [0.2, 0.25) is 0 Å². The Morgan fingerprint density at radius 1 is 1.40 bits per heavy atom.